The number of benzene rings is 2. The van der Waals surface area contributed by atoms with E-state index < -0.39 is 57.7 Å². The second kappa shape index (κ2) is 10.9. The molecular formula is C26H24ClF3N2O6. The molecule has 0 spiro atoms. The van der Waals surface area contributed by atoms with Crippen molar-refractivity contribution in [3.8, 4) is 5.69 Å². The summed E-state index contributed by atoms with van der Waals surface area (Å²) in [4.78, 5) is 51.3. The Labute approximate surface area is 220 Å². The SMILES string of the molecule is CCOC(=O)c1cn(-c2ccc(C(=O)OC(C)(C)C)cc2)c(=O)n(Cc2cccc(C(F)(F)F)c2Cl)c1=O. The second-order valence-electron chi connectivity index (χ2n) is 9.13. The first kappa shape index (κ1) is 28.7. The number of alkyl halides is 3. The van der Waals surface area contributed by atoms with Crippen molar-refractivity contribution in [3.05, 3.63) is 96.8 Å². The molecule has 202 valence electrons. The van der Waals surface area contributed by atoms with Crippen molar-refractivity contribution in [1.82, 2.24) is 9.13 Å². The third-order valence-corrected chi connectivity index (χ3v) is 5.61. The fourth-order valence-electron chi connectivity index (χ4n) is 3.46. The van der Waals surface area contributed by atoms with E-state index in [0.29, 0.717) is 4.57 Å². The van der Waals surface area contributed by atoms with Crippen molar-refractivity contribution in [2.24, 2.45) is 0 Å². The summed E-state index contributed by atoms with van der Waals surface area (Å²) in [6.07, 6.45) is -3.78. The molecule has 0 saturated heterocycles. The Hall–Kier alpha value is -3.86. The number of hydrogen-bond donors (Lipinski definition) is 0. The normalized spacial score (nSPS) is 11.8. The van der Waals surface area contributed by atoms with Crippen LogP contribution in [-0.2, 0) is 22.2 Å². The lowest BCUT2D eigenvalue weighted by Gasteiger charge is -2.19. The number of halogens is 4. The predicted molar refractivity (Wildman–Crippen MR) is 133 cm³/mol. The molecule has 0 atom stereocenters. The standard InChI is InChI=1S/C26H24ClF3N2O6/c1-5-37-23(35)18-14-31(17-11-9-15(10-12-17)22(34)38-25(2,3)4)24(36)32(21(18)33)13-16-7-6-8-19(20(16)27)26(28,29)30/h6-12,14H,5,13H2,1-4H3. The van der Waals surface area contributed by atoms with Crippen LogP contribution in [0.2, 0.25) is 5.02 Å². The van der Waals surface area contributed by atoms with Crippen LogP contribution in [0.5, 0.6) is 0 Å². The van der Waals surface area contributed by atoms with E-state index in [1.807, 2.05) is 0 Å². The summed E-state index contributed by atoms with van der Waals surface area (Å²) in [5.41, 5.74) is -4.22. The predicted octanol–water partition coefficient (Wildman–Crippen LogP) is 4.85. The molecule has 38 heavy (non-hydrogen) atoms. The number of nitrogens with zero attached hydrogens (tertiary/aromatic N) is 2. The fraction of sp³-hybridized carbons (Fsp3) is 0.308. The molecular weight excluding hydrogens is 529 g/mol. The van der Waals surface area contributed by atoms with E-state index in [0.717, 1.165) is 22.9 Å². The van der Waals surface area contributed by atoms with Gasteiger partial charge in [0, 0.05) is 6.20 Å². The molecule has 0 unspecified atom stereocenters. The third kappa shape index (κ3) is 6.34. The summed E-state index contributed by atoms with van der Waals surface area (Å²) in [7, 11) is 0. The minimum atomic E-state index is -4.76. The third-order valence-electron chi connectivity index (χ3n) is 5.16. The van der Waals surface area contributed by atoms with Crippen LogP contribution in [0.15, 0.2) is 58.3 Å². The first-order valence-electron chi connectivity index (χ1n) is 11.4. The molecule has 2 aromatic carbocycles. The van der Waals surface area contributed by atoms with Gasteiger partial charge in [-0.15, -0.1) is 0 Å². The topological polar surface area (TPSA) is 96.6 Å². The van der Waals surface area contributed by atoms with Gasteiger partial charge in [-0.2, -0.15) is 13.2 Å². The molecule has 0 radical (unpaired) electrons. The van der Waals surface area contributed by atoms with Gasteiger partial charge in [-0.05, 0) is 63.6 Å². The van der Waals surface area contributed by atoms with Crippen molar-refractivity contribution < 1.29 is 32.2 Å². The Morgan fingerprint density at radius 3 is 2.16 bits per heavy atom. The first-order chi connectivity index (χ1) is 17.6. The van der Waals surface area contributed by atoms with Crippen LogP contribution < -0.4 is 11.2 Å². The average Bonchev–Trinajstić information content (AvgIpc) is 2.81. The van der Waals surface area contributed by atoms with Gasteiger partial charge in [0.25, 0.3) is 5.56 Å². The van der Waals surface area contributed by atoms with Gasteiger partial charge in [0.2, 0.25) is 0 Å². The molecule has 3 rings (SSSR count). The van der Waals surface area contributed by atoms with E-state index >= 15 is 0 Å². The maximum atomic E-state index is 13.3. The second-order valence-corrected chi connectivity index (χ2v) is 9.51. The van der Waals surface area contributed by atoms with Crippen LogP contribution >= 0.6 is 11.6 Å². The molecule has 8 nitrogen and oxygen atoms in total. The van der Waals surface area contributed by atoms with Gasteiger partial charge in [-0.3, -0.25) is 13.9 Å². The highest BCUT2D eigenvalue weighted by Crippen LogP contribution is 2.36. The average molecular weight is 553 g/mol. The Bertz CT molecular complexity index is 1490. The monoisotopic (exact) mass is 552 g/mol. The number of rotatable bonds is 6. The van der Waals surface area contributed by atoms with Gasteiger partial charge < -0.3 is 9.47 Å². The summed E-state index contributed by atoms with van der Waals surface area (Å²) in [6.45, 7) is 5.91. The van der Waals surface area contributed by atoms with Crippen LogP contribution in [0.25, 0.3) is 5.69 Å². The number of ether oxygens (including phenoxy) is 2. The number of hydrogen-bond acceptors (Lipinski definition) is 6. The molecule has 0 bridgehead atoms. The van der Waals surface area contributed by atoms with Gasteiger partial charge in [-0.25, -0.2) is 14.4 Å². The summed E-state index contributed by atoms with van der Waals surface area (Å²) in [5.74, 6) is -1.63. The lowest BCUT2D eigenvalue weighted by Crippen LogP contribution is -2.42. The van der Waals surface area contributed by atoms with Crippen LogP contribution in [0.4, 0.5) is 13.2 Å². The van der Waals surface area contributed by atoms with Crippen molar-refractivity contribution in [2.75, 3.05) is 6.61 Å². The number of aromatic nitrogens is 2. The maximum Gasteiger partial charge on any atom is 0.417 e. The highest BCUT2D eigenvalue weighted by Gasteiger charge is 2.34. The minimum Gasteiger partial charge on any atom is -0.462 e. The van der Waals surface area contributed by atoms with Gasteiger partial charge in [0.1, 0.15) is 11.2 Å². The van der Waals surface area contributed by atoms with E-state index in [-0.39, 0.29) is 23.4 Å². The maximum absolute atomic E-state index is 13.3. The Morgan fingerprint density at radius 1 is 0.974 bits per heavy atom. The number of carbonyl (C=O) groups is 2. The zero-order valence-electron chi connectivity index (χ0n) is 20.9. The Kier molecular flexibility index (Phi) is 8.21. The summed E-state index contributed by atoms with van der Waals surface area (Å²) >= 11 is 5.97. The largest absolute Gasteiger partial charge is 0.462 e. The summed E-state index contributed by atoms with van der Waals surface area (Å²) < 4.78 is 51.8. The number of carbonyl (C=O) groups excluding carboxylic acids is 2. The van der Waals surface area contributed by atoms with Crippen LogP contribution in [0.1, 0.15) is 59.5 Å². The molecule has 0 aliphatic rings. The molecule has 3 aromatic rings. The van der Waals surface area contributed by atoms with Gasteiger partial charge in [-0.1, -0.05) is 23.7 Å². The van der Waals surface area contributed by atoms with Crippen molar-refractivity contribution >= 4 is 23.5 Å². The van der Waals surface area contributed by atoms with Gasteiger partial charge in [0.05, 0.1) is 35.0 Å². The van der Waals surface area contributed by atoms with Crippen LogP contribution in [0.3, 0.4) is 0 Å². The lowest BCUT2D eigenvalue weighted by atomic mass is 10.1. The van der Waals surface area contributed by atoms with E-state index in [2.05, 4.69) is 0 Å². The Balaban J connectivity index is 2.15. The van der Waals surface area contributed by atoms with Crippen molar-refractivity contribution in [3.63, 3.8) is 0 Å². The molecule has 0 aliphatic heterocycles. The van der Waals surface area contributed by atoms with Crippen LogP contribution in [0, 0.1) is 0 Å². The van der Waals surface area contributed by atoms with E-state index in [4.69, 9.17) is 21.1 Å². The van der Waals surface area contributed by atoms with E-state index in [1.165, 1.54) is 37.3 Å². The van der Waals surface area contributed by atoms with Gasteiger partial charge >= 0.3 is 23.8 Å². The fourth-order valence-corrected chi connectivity index (χ4v) is 3.75. The molecule has 0 aliphatic carbocycles. The molecule has 1 aromatic heterocycles. The minimum absolute atomic E-state index is 0.0680. The smallest absolute Gasteiger partial charge is 0.417 e. The number of esters is 2. The first-order valence-corrected chi connectivity index (χ1v) is 11.7. The molecule has 0 saturated carbocycles. The van der Waals surface area contributed by atoms with E-state index in [1.54, 1.807) is 20.8 Å². The van der Waals surface area contributed by atoms with Crippen molar-refractivity contribution in [2.45, 2.75) is 46.0 Å². The highest BCUT2D eigenvalue weighted by molar-refractivity contribution is 6.32. The zero-order valence-corrected chi connectivity index (χ0v) is 21.6. The quantitative estimate of drug-likeness (QED) is 0.406. The lowest BCUT2D eigenvalue weighted by molar-refractivity contribution is -0.137. The zero-order chi connectivity index (χ0) is 28.4. The molecule has 1 heterocycles. The Morgan fingerprint density at radius 2 is 1.61 bits per heavy atom. The van der Waals surface area contributed by atoms with Crippen molar-refractivity contribution in [1.29, 1.82) is 0 Å². The van der Waals surface area contributed by atoms with Gasteiger partial charge in [0.15, 0.2) is 0 Å². The molecule has 12 heteroatoms. The molecule has 0 fully saturated rings. The van der Waals surface area contributed by atoms with Crippen LogP contribution in [-0.4, -0.2) is 33.3 Å². The molecule has 0 amide bonds. The summed E-state index contributed by atoms with van der Waals surface area (Å²) in [5, 5.41) is -0.680. The van der Waals surface area contributed by atoms with E-state index in [9.17, 15) is 32.3 Å². The summed E-state index contributed by atoms with van der Waals surface area (Å²) in [6, 6.07) is 8.66. The highest BCUT2D eigenvalue weighted by atomic mass is 35.5. The molecule has 0 N–H and O–H groups in total.